The van der Waals surface area contributed by atoms with E-state index in [9.17, 15) is 5.11 Å². The van der Waals surface area contributed by atoms with Gasteiger partial charge in [-0.15, -0.1) is 0 Å². The molecular formula is C10H20O. The summed E-state index contributed by atoms with van der Waals surface area (Å²) in [6.07, 6.45) is 3.52. The molecule has 0 spiro atoms. The summed E-state index contributed by atoms with van der Waals surface area (Å²) in [5.74, 6) is 2.04. The maximum atomic E-state index is 9.60. The topological polar surface area (TPSA) is 20.2 Å². The van der Waals surface area contributed by atoms with Crippen LogP contribution >= 0.6 is 0 Å². The van der Waals surface area contributed by atoms with Crippen molar-refractivity contribution in [3.05, 3.63) is 0 Å². The minimum atomic E-state index is -0.0313. The SMILES string of the molecule is CC(C)C1CCC(C)C(O)C1. The van der Waals surface area contributed by atoms with E-state index in [4.69, 9.17) is 0 Å². The van der Waals surface area contributed by atoms with Gasteiger partial charge in [-0.05, 0) is 37.0 Å². The van der Waals surface area contributed by atoms with Gasteiger partial charge in [0.05, 0.1) is 6.10 Å². The molecule has 0 amide bonds. The lowest BCUT2D eigenvalue weighted by atomic mass is 9.76. The highest BCUT2D eigenvalue weighted by Gasteiger charge is 2.27. The summed E-state index contributed by atoms with van der Waals surface area (Å²) in [5.41, 5.74) is 0. The van der Waals surface area contributed by atoms with Crippen LogP contribution in [0.25, 0.3) is 0 Å². The van der Waals surface area contributed by atoms with Gasteiger partial charge in [-0.2, -0.15) is 0 Å². The third kappa shape index (κ3) is 2.19. The maximum Gasteiger partial charge on any atom is 0.0568 e. The molecule has 1 N–H and O–H groups in total. The van der Waals surface area contributed by atoms with Gasteiger partial charge in [-0.1, -0.05) is 20.8 Å². The molecular weight excluding hydrogens is 136 g/mol. The molecule has 0 heterocycles. The molecule has 0 aromatic rings. The van der Waals surface area contributed by atoms with E-state index in [0.29, 0.717) is 5.92 Å². The fraction of sp³-hybridized carbons (Fsp3) is 1.00. The number of rotatable bonds is 1. The molecule has 3 atom stereocenters. The Balaban J connectivity index is 2.40. The van der Waals surface area contributed by atoms with Gasteiger partial charge in [0.25, 0.3) is 0 Å². The van der Waals surface area contributed by atoms with E-state index in [1.54, 1.807) is 0 Å². The largest absolute Gasteiger partial charge is 0.393 e. The average molecular weight is 156 g/mol. The first kappa shape index (κ1) is 9.05. The van der Waals surface area contributed by atoms with Crippen LogP contribution in [0.5, 0.6) is 0 Å². The van der Waals surface area contributed by atoms with E-state index < -0.39 is 0 Å². The van der Waals surface area contributed by atoms with E-state index in [2.05, 4.69) is 20.8 Å². The van der Waals surface area contributed by atoms with Crippen molar-refractivity contribution in [3.63, 3.8) is 0 Å². The van der Waals surface area contributed by atoms with Gasteiger partial charge in [-0.3, -0.25) is 0 Å². The first-order chi connectivity index (χ1) is 5.11. The average Bonchev–Trinajstić information content (AvgIpc) is 1.94. The molecule has 1 aliphatic carbocycles. The number of aliphatic hydroxyl groups is 1. The Hall–Kier alpha value is -0.0400. The fourth-order valence-electron chi connectivity index (χ4n) is 1.94. The highest BCUT2D eigenvalue weighted by atomic mass is 16.3. The molecule has 1 heteroatoms. The van der Waals surface area contributed by atoms with Crippen LogP contribution in [0.3, 0.4) is 0 Å². The first-order valence-electron chi connectivity index (χ1n) is 4.79. The zero-order chi connectivity index (χ0) is 8.43. The second-order valence-corrected chi connectivity index (χ2v) is 4.36. The number of hydrogen-bond acceptors (Lipinski definition) is 1. The Bertz CT molecular complexity index is 120. The van der Waals surface area contributed by atoms with Gasteiger partial charge >= 0.3 is 0 Å². The molecule has 1 rings (SSSR count). The Morgan fingerprint density at radius 1 is 1.27 bits per heavy atom. The number of hydrogen-bond donors (Lipinski definition) is 1. The molecule has 1 nitrogen and oxygen atoms in total. The summed E-state index contributed by atoms with van der Waals surface area (Å²) in [6.45, 7) is 6.67. The third-order valence-electron chi connectivity index (χ3n) is 3.14. The molecule has 0 aromatic carbocycles. The van der Waals surface area contributed by atoms with E-state index in [1.807, 2.05) is 0 Å². The van der Waals surface area contributed by atoms with Crippen LogP contribution in [-0.4, -0.2) is 11.2 Å². The number of aliphatic hydroxyl groups excluding tert-OH is 1. The Morgan fingerprint density at radius 2 is 1.91 bits per heavy atom. The highest BCUT2D eigenvalue weighted by molar-refractivity contribution is 4.78. The minimum Gasteiger partial charge on any atom is -0.393 e. The molecule has 1 aliphatic rings. The van der Waals surface area contributed by atoms with Gasteiger partial charge in [0.15, 0.2) is 0 Å². The zero-order valence-corrected chi connectivity index (χ0v) is 7.88. The summed E-state index contributed by atoms with van der Waals surface area (Å²) in [6, 6.07) is 0. The Labute approximate surface area is 69.8 Å². The second-order valence-electron chi connectivity index (χ2n) is 4.36. The third-order valence-corrected chi connectivity index (χ3v) is 3.14. The molecule has 11 heavy (non-hydrogen) atoms. The van der Waals surface area contributed by atoms with Crippen molar-refractivity contribution in [2.75, 3.05) is 0 Å². The lowest BCUT2D eigenvalue weighted by Gasteiger charge is -2.33. The van der Waals surface area contributed by atoms with Gasteiger partial charge in [0.2, 0.25) is 0 Å². The van der Waals surface area contributed by atoms with Crippen LogP contribution in [-0.2, 0) is 0 Å². The van der Waals surface area contributed by atoms with Crippen LogP contribution in [0, 0.1) is 17.8 Å². The van der Waals surface area contributed by atoms with E-state index >= 15 is 0 Å². The van der Waals surface area contributed by atoms with E-state index in [1.165, 1.54) is 12.8 Å². The monoisotopic (exact) mass is 156 g/mol. The molecule has 1 fully saturated rings. The van der Waals surface area contributed by atoms with Crippen LogP contribution in [0.4, 0.5) is 0 Å². The Kier molecular flexibility index (Phi) is 2.94. The summed E-state index contributed by atoms with van der Waals surface area (Å²) < 4.78 is 0. The van der Waals surface area contributed by atoms with Crippen molar-refractivity contribution < 1.29 is 5.11 Å². The van der Waals surface area contributed by atoms with Gasteiger partial charge in [-0.25, -0.2) is 0 Å². The summed E-state index contributed by atoms with van der Waals surface area (Å²) >= 11 is 0. The predicted octanol–water partition coefficient (Wildman–Crippen LogP) is 2.44. The molecule has 1 saturated carbocycles. The molecule has 0 radical (unpaired) electrons. The molecule has 3 unspecified atom stereocenters. The normalized spacial score (nSPS) is 39.5. The summed E-state index contributed by atoms with van der Waals surface area (Å²) in [7, 11) is 0. The fourth-order valence-corrected chi connectivity index (χ4v) is 1.94. The molecule has 66 valence electrons. The molecule has 0 aromatic heterocycles. The standard InChI is InChI=1S/C10H20O/c1-7(2)9-5-4-8(3)10(11)6-9/h7-11H,4-6H2,1-3H3. The zero-order valence-electron chi connectivity index (χ0n) is 7.88. The molecule has 0 saturated heterocycles. The van der Waals surface area contributed by atoms with Crippen molar-refractivity contribution in [1.82, 2.24) is 0 Å². The van der Waals surface area contributed by atoms with Crippen molar-refractivity contribution in [1.29, 1.82) is 0 Å². The van der Waals surface area contributed by atoms with Crippen LogP contribution in [0.15, 0.2) is 0 Å². The predicted molar refractivity (Wildman–Crippen MR) is 47.3 cm³/mol. The van der Waals surface area contributed by atoms with Gasteiger partial charge < -0.3 is 5.11 Å². The van der Waals surface area contributed by atoms with E-state index in [0.717, 1.165) is 18.3 Å². The van der Waals surface area contributed by atoms with Gasteiger partial charge in [0.1, 0.15) is 0 Å². The molecule has 0 aliphatic heterocycles. The van der Waals surface area contributed by atoms with Crippen molar-refractivity contribution >= 4 is 0 Å². The van der Waals surface area contributed by atoms with Gasteiger partial charge in [0, 0.05) is 0 Å². The van der Waals surface area contributed by atoms with E-state index in [-0.39, 0.29) is 6.10 Å². The van der Waals surface area contributed by atoms with Crippen LogP contribution in [0.1, 0.15) is 40.0 Å². The van der Waals surface area contributed by atoms with Crippen LogP contribution < -0.4 is 0 Å². The quantitative estimate of drug-likeness (QED) is 0.618. The van der Waals surface area contributed by atoms with Crippen molar-refractivity contribution in [2.45, 2.75) is 46.1 Å². The minimum absolute atomic E-state index is 0.0313. The second kappa shape index (κ2) is 3.57. The Morgan fingerprint density at radius 3 is 2.36 bits per heavy atom. The van der Waals surface area contributed by atoms with Crippen LogP contribution in [0.2, 0.25) is 0 Å². The highest BCUT2D eigenvalue weighted by Crippen LogP contribution is 2.32. The lowest BCUT2D eigenvalue weighted by Crippen LogP contribution is -2.29. The summed E-state index contributed by atoms with van der Waals surface area (Å²) in [4.78, 5) is 0. The van der Waals surface area contributed by atoms with Crippen molar-refractivity contribution in [3.8, 4) is 0 Å². The molecule has 0 bridgehead atoms. The smallest absolute Gasteiger partial charge is 0.0568 e. The summed E-state index contributed by atoms with van der Waals surface area (Å²) in [5, 5.41) is 9.60. The van der Waals surface area contributed by atoms with Crippen molar-refractivity contribution in [2.24, 2.45) is 17.8 Å². The first-order valence-corrected chi connectivity index (χ1v) is 4.79. The lowest BCUT2D eigenvalue weighted by molar-refractivity contribution is 0.0410. The maximum absolute atomic E-state index is 9.60.